The first-order valence-corrected chi connectivity index (χ1v) is 7.49. The van der Waals surface area contributed by atoms with Gasteiger partial charge in [-0.3, -0.25) is 4.68 Å². The minimum atomic E-state index is 0.680. The second-order valence-electron chi connectivity index (χ2n) is 5.64. The lowest BCUT2D eigenvalue weighted by atomic mass is 10.1. The molecule has 20 heavy (non-hydrogen) atoms. The molecule has 108 valence electrons. The van der Waals surface area contributed by atoms with Crippen molar-refractivity contribution in [3.8, 4) is 0 Å². The van der Waals surface area contributed by atoms with Crippen LogP contribution in [0.25, 0.3) is 0 Å². The molecule has 1 aromatic carbocycles. The molecule has 0 aliphatic rings. The summed E-state index contributed by atoms with van der Waals surface area (Å²) in [4.78, 5) is 0. The van der Waals surface area contributed by atoms with E-state index in [4.69, 9.17) is 0 Å². The van der Waals surface area contributed by atoms with Crippen LogP contribution in [0, 0.1) is 5.92 Å². The van der Waals surface area contributed by atoms with Crippen LogP contribution in [0.3, 0.4) is 0 Å². The van der Waals surface area contributed by atoms with E-state index < -0.39 is 0 Å². The topological polar surface area (TPSA) is 29.9 Å². The van der Waals surface area contributed by atoms with E-state index in [1.54, 1.807) is 0 Å². The van der Waals surface area contributed by atoms with E-state index in [1.165, 1.54) is 16.8 Å². The van der Waals surface area contributed by atoms with Crippen LogP contribution in [-0.2, 0) is 19.5 Å². The Bertz CT molecular complexity index is 514. The van der Waals surface area contributed by atoms with Gasteiger partial charge in [0.15, 0.2) is 0 Å². The van der Waals surface area contributed by atoms with E-state index in [0.717, 1.165) is 26.1 Å². The maximum Gasteiger partial charge on any atom is 0.0662 e. The van der Waals surface area contributed by atoms with Crippen molar-refractivity contribution < 1.29 is 0 Å². The van der Waals surface area contributed by atoms with Crippen LogP contribution < -0.4 is 5.32 Å². The van der Waals surface area contributed by atoms with Gasteiger partial charge in [0.25, 0.3) is 0 Å². The first-order valence-electron chi connectivity index (χ1n) is 7.49. The monoisotopic (exact) mass is 271 g/mol. The maximum absolute atomic E-state index is 4.56. The third-order valence-electron chi connectivity index (χ3n) is 3.41. The van der Waals surface area contributed by atoms with E-state index in [2.05, 4.69) is 66.2 Å². The summed E-state index contributed by atoms with van der Waals surface area (Å²) in [6.07, 6.45) is 3.03. The highest BCUT2D eigenvalue weighted by Crippen LogP contribution is 2.12. The van der Waals surface area contributed by atoms with Crippen LogP contribution in [0.4, 0.5) is 0 Å². The molecule has 0 atom stereocenters. The van der Waals surface area contributed by atoms with Crippen LogP contribution in [0.2, 0.25) is 0 Å². The van der Waals surface area contributed by atoms with E-state index >= 15 is 0 Å². The Morgan fingerprint density at radius 3 is 2.60 bits per heavy atom. The second-order valence-corrected chi connectivity index (χ2v) is 5.64. The molecule has 3 heteroatoms. The number of rotatable bonds is 7. The van der Waals surface area contributed by atoms with Crippen LogP contribution in [-0.4, -0.2) is 16.3 Å². The molecule has 0 aliphatic carbocycles. The number of hydrogen-bond donors (Lipinski definition) is 1. The van der Waals surface area contributed by atoms with Gasteiger partial charge in [-0.2, -0.15) is 5.10 Å². The van der Waals surface area contributed by atoms with Crippen LogP contribution in [0.1, 0.15) is 37.6 Å². The molecule has 0 bridgehead atoms. The van der Waals surface area contributed by atoms with Gasteiger partial charge in [-0.15, -0.1) is 0 Å². The van der Waals surface area contributed by atoms with Gasteiger partial charge in [0, 0.05) is 17.8 Å². The van der Waals surface area contributed by atoms with Crippen molar-refractivity contribution in [2.75, 3.05) is 6.54 Å². The van der Waals surface area contributed by atoms with Crippen LogP contribution >= 0.6 is 0 Å². The molecule has 1 N–H and O–H groups in total. The smallest absolute Gasteiger partial charge is 0.0662 e. The van der Waals surface area contributed by atoms with E-state index in [9.17, 15) is 0 Å². The van der Waals surface area contributed by atoms with Crippen molar-refractivity contribution >= 4 is 0 Å². The molecule has 0 radical (unpaired) electrons. The number of nitrogens with zero attached hydrogens (tertiary/aromatic N) is 2. The fourth-order valence-electron chi connectivity index (χ4n) is 2.39. The molecule has 2 rings (SSSR count). The molecule has 1 heterocycles. The summed E-state index contributed by atoms with van der Waals surface area (Å²) in [5.74, 6) is 0.680. The predicted octanol–water partition coefficient (Wildman–Crippen LogP) is 3.24. The lowest BCUT2D eigenvalue weighted by Crippen LogP contribution is -2.19. The predicted molar refractivity (Wildman–Crippen MR) is 83.7 cm³/mol. The van der Waals surface area contributed by atoms with Crippen molar-refractivity contribution in [1.29, 1.82) is 0 Å². The van der Waals surface area contributed by atoms with Gasteiger partial charge in [0.05, 0.1) is 12.7 Å². The molecular formula is C17H25N3. The van der Waals surface area contributed by atoms with Crippen LogP contribution in [0.15, 0.2) is 36.5 Å². The highest BCUT2D eigenvalue weighted by Gasteiger charge is 2.09. The normalized spacial score (nSPS) is 11.2. The molecule has 2 aromatic rings. The Morgan fingerprint density at radius 1 is 1.20 bits per heavy atom. The zero-order valence-electron chi connectivity index (χ0n) is 12.8. The van der Waals surface area contributed by atoms with Crippen LogP contribution in [0.5, 0.6) is 0 Å². The average Bonchev–Trinajstić information content (AvgIpc) is 2.81. The number of hydrogen-bond acceptors (Lipinski definition) is 2. The summed E-state index contributed by atoms with van der Waals surface area (Å²) < 4.78 is 2.13. The van der Waals surface area contributed by atoms with Crippen molar-refractivity contribution in [3.63, 3.8) is 0 Å². The average molecular weight is 271 g/mol. The Labute approximate surface area is 122 Å². The van der Waals surface area contributed by atoms with Crippen molar-refractivity contribution in [2.24, 2.45) is 5.92 Å². The number of nitrogens with one attached hydrogen (secondary N) is 1. The van der Waals surface area contributed by atoms with Gasteiger partial charge >= 0.3 is 0 Å². The summed E-state index contributed by atoms with van der Waals surface area (Å²) in [5.41, 5.74) is 3.96. The zero-order chi connectivity index (χ0) is 14.4. The Kier molecular flexibility index (Phi) is 5.36. The minimum Gasteiger partial charge on any atom is -0.312 e. The minimum absolute atomic E-state index is 0.680. The summed E-state index contributed by atoms with van der Waals surface area (Å²) in [6, 6.07) is 10.5. The van der Waals surface area contributed by atoms with Gasteiger partial charge in [-0.05, 0) is 24.4 Å². The third kappa shape index (κ3) is 3.94. The molecule has 0 aliphatic heterocycles. The van der Waals surface area contributed by atoms with Gasteiger partial charge in [-0.1, -0.05) is 51.1 Å². The molecular weight excluding hydrogens is 246 g/mol. The van der Waals surface area contributed by atoms with Gasteiger partial charge in [0.1, 0.15) is 0 Å². The largest absolute Gasteiger partial charge is 0.312 e. The molecule has 3 nitrogen and oxygen atoms in total. The van der Waals surface area contributed by atoms with Crippen molar-refractivity contribution in [3.05, 3.63) is 53.3 Å². The summed E-state index contributed by atoms with van der Waals surface area (Å²) in [7, 11) is 0. The summed E-state index contributed by atoms with van der Waals surface area (Å²) in [5, 5.41) is 8.06. The SMILES string of the molecule is CCc1c(CNCC(C)C)cnn1Cc1ccccc1. The fraction of sp³-hybridized carbons (Fsp3) is 0.471. The Hall–Kier alpha value is -1.61. The maximum atomic E-state index is 4.56. The first kappa shape index (κ1) is 14.8. The standard InChI is InChI=1S/C17H25N3/c1-4-17-16(11-18-10-14(2)3)12-19-20(17)13-15-8-6-5-7-9-15/h5-9,12,14,18H,4,10-11,13H2,1-3H3. The Morgan fingerprint density at radius 2 is 1.95 bits per heavy atom. The zero-order valence-corrected chi connectivity index (χ0v) is 12.8. The number of aromatic nitrogens is 2. The first-order chi connectivity index (χ1) is 9.70. The molecule has 0 spiro atoms. The summed E-state index contributed by atoms with van der Waals surface area (Å²) in [6.45, 7) is 9.47. The van der Waals surface area contributed by atoms with Crippen molar-refractivity contribution in [1.82, 2.24) is 15.1 Å². The van der Waals surface area contributed by atoms with Gasteiger partial charge < -0.3 is 5.32 Å². The number of benzene rings is 1. The lowest BCUT2D eigenvalue weighted by molar-refractivity contribution is 0.549. The molecule has 0 amide bonds. The third-order valence-corrected chi connectivity index (χ3v) is 3.41. The molecule has 0 unspecified atom stereocenters. The van der Waals surface area contributed by atoms with Gasteiger partial charge in [0.2, 0.25) is 0 Å². The van der Waals surface area contributed by atoms with E-state index in [1.807, 2.05) is 6.20 Å². The molecule has 1 aromatic heterocycles. The fourth-order valence-corrected chi connectivity index (χ4v) is 2.39. The van der Waals surface area contributed by atoms with E-state index in [-0.39, 0.29) is 0 Å². The molecule has 0 fully saturated rings. The molecule has 0 saturated heterocycles. The lowest BCUT2D eigenvalue weighted by Gasteiger charge is -2.10. The van der Waals surface area contributed by atoms with Crippen molar-refractivity contribution in [2.45, 2.75) is 40.3 Å². The Balaban J connectivity index is 2.05. The quantitative estimate of drug-likeness (QED) is 0.838. The van der Waals surface area contributed by atoms with E-state index in [0.29, 0.717) is 5.92 Å². The van der Waals surface area contributed by atoms with Gasteiger partial charge in [-0.25, -0.2) is 0 Å². The summed E-state index contributed by atoms with van der Waals surface area (Å²) >= 11 is 0. The molecule has 0 saturated carbocycles. The highest BCUT2D eigenvalue weighted by atomic mass is 15.3. The second kappa shape index (κ2) is 7.25. The highest BCUT2D eigenvalue weighted by molar-refractivity contribution is 5.21.